The summed E-state index contributed by atoms with van der Waals surface area (Å²) in [6, 6.07) is 12.8. The van der Waals surface area contributed by atoms with E-state index in [0.717, 1.165) is 10.2 Å². The first kappa shape index (κ1) is 17.0. The van der Waals surface area contributed by atoms with E-state index in [1.165, 1.54) is 14.0 Å². The highest BCUT2D eigenvalue weighted by Crippen LogP contribution is 2.31. The van der Waals surface area contributed by atoms with Crippen LogP contribution >= 0.6 is 15.9 Å². The van der Waals surface area contributed by atoms with Crippen LogP contribution in [-0.4, -0.2) is 30.5 Å². The minimum absolute atomic E-state index is 0.353. The molecule has 2 rings (SSSR count). The van der Waals surface area contributed by atoms with Gasteiger partial charge in [0.05, 0.1) is 12.8 Å². The Labute approximate surface area is 142 Å². The first-order valence-corrected chi connectivity index (χ1v) is 7.66. The van der Waals surface area contributed by atoms with Crippen LogP contribution in [0.15, 0.2) is 51.9 Å². The first-order valence-electron chi connectivity index (χ1n) is 6.87. The third-order valence-electron chi connectivity index (χ3n) is 3.05. The van der Waals surface area contributed by atoms with Gasteiger partial charge in [-0.3, -0.25) is 4.99 Å². The molecule has 0 amide bonds. The molecule has 0 aromatic heterocycles. The molecule has 6 heteroatoms. The standard InChI is InChI=1S/C17H16BrNO4/c1-11(17(20)21)23-16-12(4-3-5-15(16)22-2)10-19-14-8-6-13(18)7-9-14/h3-11H,1-2H3,(H,20,21)/t11-/m1/s1. The summed E-state index contributed by atoms with van der Waals surface area (Å²) in [6.45, 7) is 1.46. The molecule has 0 heterocycles. The van der Waals surface area contributed by atoms with Crippen LogP contribution < -0.4 is 9.47 Å². The van der Waals surface area contributed by atoms with Crippen molar-refractivity contribution in [3.63, 3.8) is 0 Å². The van der Waals surface area contributed by atoms with Crippen LogP contribution in [0.5, 0.6) is 11.5 Å². The molecule has 0 unspecified atom stereocenters. The lowest BCUT2D eigenvalue weighted by atomic mass is 10.2. The molecule has 2 aromatic rings. The van der Waals surface area contributed by atoms with E-state index in [0.29, 0.717) is 17.1 Å². The van der Waals surface area contributed by atoms with Gasteiger partial charge in [0.2, 0.25) is 0 Å². The summed E-state index contributed by atoms with van der Waals surface area (Å²) in [4.78, 5) is 15.4. The number of hydrogen-bond donors (Lipinski definition) is 1. The van der Waals surface area contributed by atoms with Gasteiger partial charge in [-0.1, -0.05) is 22.0 Å². The van der Waals surface area contributed by atoms with Crippen molar-refractivity contribution in [1.82, 2.24) is 0 Å². The number of nitrogens with zero attached hydrogens (tertiary/aromatic N) is 1. The lowest BCUT2D eigenvalue weighted by Gasteiger charge is -2.15. The summed E-state index contributed by atoms with van der Waals surface area (Å²) in [6.07, 6.45) is 0.626. The Balaban J connectivity index is 2.33. The van der Waals surface area contributed by atoms with Crippen molar-refractivity contribution in [1.29, 1.82) is 0 Å². The second-order valence-corrected chi connectivity index (χ2v) is 5.63. The van der Waals surface area contributed by atoms with Crippen LogP contribution in [0.4, 0.5) is 5.69 Å². The second-order valence-electron chi connectivity index (χ2n) is 4.71. The number of hydrogen-bond acceptors (Lipinski definition) is 4. The zero-order valence-corrected chi connectivity index (χ0v) is 14.3. The normalized spacial score (nSPS) is 12.1. The van der Waals surface area contributed by atoms with Crippen LogP contribution in [0.1, 0.15) is 12.5 Å². The van der Waals surface area contributed by atoms with E-state index in [-0.39, 0.29) is 0 Å². The van der Waals surface area contributed by atoms with E-state index in [9.17, 15) is 4.79 Å². The van der Waals surface area contributed by atoms with Gasteiger partial charge < -0.3 is 14.6 Å². The van der Waals surface area contributed by atoms with E-state index >= 15 is 0 Å². The molecule has 0 bridgehead atoms. The van der Waals surface area contributed by atoms with Crippen LogP contribution in [-0.2, 0) is 4.79 Å². The fourth-order valence-electron chi connectivity index (χ4n) is 1.82. The molecule has 0 fully saturated rings. The van der Waals surface area contributed by atoms with Gasteiger partial charge >= 0.3 is 5.97 Å². The van der Waals surface area contributed by atoms with E-state index in [4.69, 9.17) is 14.6 Å². The molecule has 0 spiro atoms. The van der Waals surface area contributed by atoms with Gasteiger partial charge in [-0.25, -0.2) is 4.79 Å². The third-order valence-corrected chi connectivity index (χ3v) is 3.58. The van der Waals surface area contributed by atoms with Gasteiger partial charge in [0.1, 0.15) is 0 Å². The largest absolute Gasteiger partial charge is 0.493 e. The predicted octanol–water partition coefficient (Wildman–Crippen LogP) is 4.06. The summed E-state index contributed by atoms with van der Waals surface area (Å²) in [5.74, 6) is -0.240. The van der Waals surface area contributed by atoms with Gasteiger partial charge in [0.15, 0.2) is 17.6 Å². The topological polar surface area (TPSA) is 68.1 Å². The molecule has 1 atom stereocenters. The fraction of sp³-hybridized carbons (Fsp3) is 0.176. The smallest absolute Gasteiger partial charge is 0.344 e. The Bertz CT molecular complexity index is 713. The number of ether oxygens (including phenoxy) is 2. The monoisotopic (exact) mass is 377 g/mol. The van der Waals surface area contributed by atoms with Crippen molar-refractivity contribution in [3.8, 4) is 11.5 Å². The molecule has 0 aliphatic rings. The van der Waals surface area contributed by atoms with Crippen molar-refractivity contribution in [2.24, 2.45) is 4.99 Å². The molecule has 2 aromatic carbocycles. The van der Waals surface area contributed by atoms with Gasteiger partial charge in [-0.2, -0.15) is 0 Å². The molecule has 0 saturated heterocycles. The van der Waals surface area contributed by atoms with E-state index in [2.05, 4.69) is 20.9 Å². The highest BCUT2D eigenvalue weighted by molar-refractivity contribution is 9.10. The number of carboxylic acids is 1. The number of carbonyl (C=O) groups is 1. The number of benzene rings is 2. The van der Waals surface area contributed by atoms with Crippen molar-refractivity contribution in [3.05, 3.63) is 52.5 Å². The summed E-state index contributed by atoms with van der Waals surface area (Å²) >= 11 is 3.37. The quantitative estimate of drug-likeness (QED) is 0.770. The summed E-state index contributed by atoms with van der Waals surface area (Å²) in [5, 5.41) is 9.03. The molecule has 0 aliphatic carbocycles. The number of para-hydroxylation sites is 1. The Morgan fingerprint density at radius 2 is 1.96 bits per heavy atom. The maximum atomic E-state index is 11.0. The predicted molar refractivity (Wildman–Crippen MR) is 92.1 cm³/mol. The Kier molecular flexibility index (Phi) is 5.76. The molecule has 120 valence electrons. The SMILES string of the molecule is COc1cccc(C=Nc2ccc(Br)cc2)c1O[C@H](C)C(=O)O. The molecule has 5 nitrogen and oxygen atoms in total. The number of aliphatic carboxylic acids is 1. The zero-order chi connectivity index (χ0) is 16.8. The van der Waals surface area contributed by atoms with E-state index in [1.807, 2.05) is 24.3 Å². The Morgan fingerprint density at radius 1 is 1.26 bits per heavy atom. The average molecular weight is 378 g/mol. The molecule has 1 N–H and O–H groups in total. The fourth-order valence-corrected chi connectivity index (χ4v) is 2.08. The number of carboxylic acid groups (broad SMARTS) is 1. The Morgan fingerprint density at radius 3 is 2.57 bits per heavy atom. The minimum atomic E-state index is -1.05. The maximum Gasteiger partial charge on any atom is 0.344 e. The third kappa shape index (κ3) is 4.56. The van der Waals surface area contributed by atoms with Crippen molar-refractivity contribution < 1.29 is 19.4 Å². The number of aliphatic imine (C=N–C) groups is 1. The summed E-state index contributed by atoms with van der Waals surface area (Å²) in [7, 11) is 1.50. The van der Waals surface area contributed by atoms with E-state index < -0.39 is 12.1 Å². The Hall–Kier alpha value is -2.34. The second kappa shape index (κ2) is 7.78. The summed E-state index contributed by atoms with van der Waals surface area (Å²) < 4.78 is 11.7. The molecule has 0 aliphatic heterocycles. The number of halogens is 1. The minimum Gasteiger partial charge on any atom is -0.493 e. The first-order chi connectivity index (χ1) is 11.0. The highest BCUT2D eigenvalue weighted by atomic mass is 79.9. The van der Waals surface area contributed by atoms with Crippen LogP contribution in [0.2, 0.25) is 0 Å². The summed E-state index contributed by atoms with van der Waals surface area (Å²) in [5.41, 5.74) is 1.41. The van der Waals surface area contributed by atoms with Gasteiger partial charge in [-0.15, -0.1) is 0 Å². The van der Waals surface area contributed by atoms with Gasteiger partial charge in [0, 0.05) is 16.3 Å². The lowest BCUT2D eigenvalue weighted by molar-refractivity contribution is -0.144. The van der Waals surface area contributed by atoms with Crippen LogP contribution in [0, 0.1) is 0 Å². The number of methoxy groups -OCH3 is 1. The maximum absolute atomic E-state index is 11.0. The number of rotatable bonds is 6. The van der Waals surface area contributed by atoms with Crippen LogP contribution in [0.25, 0.3) is 0 Å². The van der Waals surface area contributed by atoms with Gasteiger partial charge in [0.25, 0.3) is 0 Å². The average Bonchev–Trinajstić information content (AvgIpc) is 2.55. The molecule has 0 radical (unpaired) electrons. The molecule has 0 saturated carbocycles. The zero-order valence-electron chi connectivity index (χ0n) is 12.7. The molecular weight excluding hydrogens is 362 g/mol. The van der Waals surface area contributed by atoms with E-state index in [1.54, 1.807) is 24.4 Å². The van der Waals surface area contributed by atoms with Crippen molar-refractivity contribution >= 4 is 33.8 Å². The van der Waals surface area contributed by atoms with Crippen molar-refractivity contribution in [2.75, 3.05) is 7.11 Å². The van der Waals surface area contributed by atoms with Gasteiger partial charge in [-0.05, 0) is 43.3 Å². The highest BCUT2D eigenvalue weighted by Gasteiger charge is 2.17. The molecular formula is C17H16BrNO4. The van der Waals surface area contributed by atoms with Crippen LogP contribution in [0.3, 0.4) is 0 Å². The molecule has 23 heavy (non-hydrogen) atoms. The van der Waals surface area contributed by atoms with Crippen molar-refractivity contribution in [2.45, 2.75) is 13.0 Å². The lowest BCUT2D eigenvalue weighted by Crippen LogP contribution is -2.23.